The first kappa shape index (κ1) is 12.8. The normalized spacial score (nSPS) is 12.2. The SMILES string of the molecule is CC(C)(C)C(=O)n1nccc1/C=C/c1cccs1. The maximum Gasteiger partial charge on any atom is 0.252 e. The van der Waals surface area contributed by atoms with Gasteiger partial charge in [0.05, 0.1) is 11.9 Å². The fourth-order valence-electron chi connectivity index (χ4n) is 1.48. The summed E-state index contributed by atoms with van der Waals surface area (Å²) in [5.74, 6) is -0.00155. The molecule has 0 atom stereocenters. The minimum atomic E-state index is -0.433. The van der Waals surface area contributed by atoms with Crippen LogP contribution in [-0.4, -0.2) is 15.7 Å². The molecule has 2 heterocycles. The topological polar surface area (TPSA) is 34.9 Å². The van der Waals surface area contributed by atoms with Crippen LogP contribution in [0.2, 0.25) is 0 Å². The summed E-state index contributed by atoms with van der Waals surface area (Å²) in [5, 5.41) is 6.13. The van der Waals surface area contributed by atoms with Crippen LogP contribution in [0.5, 0.6) is 0 Å². The highest BCUT2D eigenvalue weighted by atomic mass is 32.1. The smallest absolute Gasteiger partial charge is 0.252 e. The van der Waals surface area contributed by atoms with Crippen molar-refractivity contribution in [1.82, 2.24) is 9.78 Å². The molecule has 0 spiro atoms. The van der Waals surface area contributed by atoms with Crippen molar-refractivity contribution >= 4 is 29.4 Å². The van der Waals surface area contributed by atoms with Crippen molar-refractivity contribution in [2.24, 2.45) is 5.41 Å². The van der Waals surface area contributed by atoms with Gasteiger partial charge in [-0.3, -0.25) is 4.79 Å². The fraction of sp³-hybridized carbons (Fsp3) is 0.286. The first-order valence-electron chi connectivity index (χ1n) is 5.79. The van der Waals surface area contributed by atoms with E-state index in [4.69, 9.17) is 0 Å². The largest absolute Gasteiger partial charge is 0.272 e. The molecule has 0 aliphatic carbocycles. The van der Waals surface area contributed by atoms with Crippen molar-refractivity contribution < 1.29 is 4.79 Å². The third kappa shape index (κ3) is 2.76. The van der Waals surface area contributed by atoms with Crippen LogP contribution in [0.15, 0.2) is 29.8 Å². The van der Waals surface area contributed by atoms with Gasteiger partial charge in [-0.25, -0.2) is 4.68 Å². The summed E-state index contributed by atoms with van der Waals surface area (Å²) < 4.78 is 1.46. The molecule has 0 saturated carbocycles. The molecular weight excluding hydrogens is 244 g/mol. The van der Waals surface area contributed by atoms with Crippen molar-refractivity contribution in [2.75, 3.05) is 0 Å². The minimum Gasteiger partial charge on any atom is -0.272 e. The zero-order valence-electron chi connectivity index (χ0n) is 10.8. The summed E-state index contributed by atoms with van der Waals surface area (Å²) in [6, 6.07) is 5.88. The van der Waals surface area contributed by atoms with Gasteiger partial charge in [-0.15, -0.1) is 11.3 Å². The van der Waals surface area contributed by atoms with E-state index >= 15 is 0 Å². The highest BCUT2D eigenvalue weighted by Crippen LogP contribution is 2.19. The number of aromatic nitrogens is 2. The third-order valence-corrected chi connectivity index (χ3v) is 3.31. The second-order valence-corrected chi connectivity index (χ2v) is 6.05. The molecule has 18 heavy (non-hydrogen) atoms. The highest BCUT2D eigenvalue weighted by Gasteiger charge is 2.24. The Morgan fingerprint density at radius 1 is 1.33 bits per heavy atom. The van der Waals surface area contributed by atoms with Gasteiger partial charge in [0.25, 0.3) is 5.91 Å². The Balaban J connectivity index is 2.26. The van der Waals surface area contributed by atoms with Gasteiger partial charge in [0.15, 0.2) is 0 Å². The van der Waals surface area contributed by atoms with E-state index in [0.29, 0.717) is 0 Å². The molecule has 0 saturated heterocycles. The number of carbonyl (C=O) groups excluding carboxylic acids is 1. The van der Waals surface area contributed by atoms with E-state index in [2.05, 4.69) is 5.10 Å². The minimum absolute atomic E-state index is 0.00155. The molecule has 0 aliphatic rings. The summed E-state index contributed by atoms with van der Waals surface area (Å²) >= 11 is 1.66. The van der Waals surface area contributed by atoms with Crippen molar-refractivity contribution in [3.8, 4) is 0 Å². The second kappa shape index (κ2) is 4.90. The van der Waals surface area contributed by atoms with E-state index in [1.807, 2.05) is 56.5 Å². The van der Waals surface area contributed by atoms with Gasteiger partial charge in [0.2, 0.25) is 0 Å². The van der Waals surface area contributed by atoms with Crippen molar-refractivity contribution in [1.29, 1.82) is 0 Å². The zero-order valence-corrected chi connectivity index (χ0v) is 11.6. The summed E-state index contributed by atoms with van der Waals surface area (Å²) in [4.78, 5) is 13.3. The number of nitrogens with zero attached hydrogens (tertiary/aromatic N) is 2. The molecule has 0 fully saturated rings. The van der Waals surface area contributed by atoms with Crippen LogP contribution in [0.1, 0.15) is 36.1 Å². The van der Waals surface area contributed by atoms with Gasteiger partial charge >= 0.3 is 0 Å². The van der Waals surface area contributed by atoms with Gasteiger partial charge in [-0.05, 0) is 29.7 Å². The molecular formula is C14H16N2OS. The van der Waals surface area contributed by atoms with Crippen LogP contribution >= 0.6 is 11.3 Å². The lowest BCUT2D eigenvalue weighted by Crippen LogP contribution is -2.28. The van der Waals surface area contributed by atoms with Gasteiger partial charge < -0.3 is 0 Å². The van der Waals surface area contributed by atoms with Crippen molar-refractivity contribution in [2.45, 2.75) is 20.8 Å². The highest BCUT2D eigenvalue weighted by molar-refractivity contribution is 7.10. The van der Waals surface area contributed by atoms with E-state index in [1.54, 1.807) is 17.5 Å². The Labute approximate surface area is 111 Å². The third-order valence-electron chi connectivity index (χ3n) is 2.47. The summed E-state index contributed by atoms with van der Waals surface area (Å²) in [6.45, 7) is 5.68. The Morgan fingerprint density at radius 2 is 2.11 bits per heavy atom. The predicted molar refractivity (Wildman–Crippen MR) is 75.6 cm³/mol. The Kier molecular flexibility index (Phi) is 3.48. The molecule has 0 amide bonds. The molecule has 0 radical (unpaired) electrons. The Hall–Kier alpha value is -1.68. The lowest BCUT2D eigenvalue weighted by Gasteiger charge is -2.16. The molecule has 3 nitrogen and oxygen atoms in total. The average Bonchev–Trinajstić information content (AvgIpc) is 2.95. The molecule has 2 aromatic heterocycles. The van der Waals surface area contributed by atoms with Crippen molar-refractivity contribution in [3.05, 3.63) is 40.3 Å². The standard InChI is InChI=1S/C14H16N2OS/c1-14(2,3)13(17)16-11(8-9-15-16)6-7-12-5-4-10-18-12/h4-10H,1-3H3/b7-6+. The van der Waals surface area contributed by atoms with Gasteiger partial charge in [-0.1, -0.05) is 26.8 Å². The van der Waals surface area contributed by atoms with E-state index in [0.717, 1.165) is 10.6 Å². The van der Waals surface area contributed by atoms with Crippen molar-refractivity contribution in [3.63, 3.8) is 0 Å². The van der Waals surface area contributed by atoms with E-state index in [9.17, 15) is 4.79 Å². The molecule has 2 aromatic rings. The van der Waals surface area contributed by atoms with E-state index in [1.165, 1.54) is 4.68 Å². The van der Waals surface area contributed by atoms with Crippen LogP contribution in [0.3, 0.4) is 0 Å². The number of carbonyl (C=O) groups is 1. The van der Waals surface area contributed by atoms with E-state index in [-0.39, 0.29) is 5.91 Å². The number of thiophene rings is 1. The van der Waals surface area contributed by atoms with Gasteiger partial charge in [0, 0.05) is 10.3 Å². The molecule has 2 rings (SSSR count). The first-order valence-corrected chi connectivity index (χ1v) is 6.67. The van der Waals surface area contributed by atoms with Gasteiger partial charge in [0.1, 0.15) is 0 Å². The molecule has 0 N–H and O–H groups in total. The summed E-state index contributed by atoms with van der Waals surface area (Å²) in [5.41, 5.74) is 0.376. The maximum absolute atomic E-state index is 12.2. The zero-order chi connectivity index (χ0) is 13.2. The van der Waals surface area contributed by atoms with Gasteiger partial charge in [-0.2, -0.15) is 5.10 Å². The number of hydrogen-bond acceptors (Lipinski definition) is 3. The maximum atomic E-state index is 12.2. The molecule has 4 heteroatoms. The summed E-state index contributed by atoms with van der Waals surface area (Å²) in [7, 11) is 0. The van der Waals surface area contributed by atoms with Crippen LogP contribution in [0.4, 0.5) is 0 Å². The Morgan fingerprint density at radius 3 is 2.72 bits per heavy atom. The lowest BCUT2D eigenvalue weighted by molar-refractivity contribution is 0.0748. The van der Waals surface area contributed by atoms with Crippen LogP contribution in [0, 0.1) is 5.41 Å². The molecule has 0 bridgehead atoms. The van der Waals surface area contributed by atoms with Crippen LogP contribution in [0.25, 0.3) is 12.2 Å². The quantitative estimate of drug-likeness (QED) is 0.823. The molecule has 94 valence electrons. The number of hydrogen-bond donors (Lipinski definition) is 0. The molecule has 0 aromatic carbocycles. The number of rotatable bonds is 2. The second-order valence-electron chi connectivity index (χ2n) is 5.07. The molecule has 0 aliphatic heterocycles. The Bertz CT molecular complexity index is 559. The molecule has 0 unspecified atom stereocenters. The monoisotopic (exact) mass is 260 g/mol. The lowest BCUT2D eigenvalue weighted by atomic mass is 9.96. The van der Waals surface area contributed by atoms with Crippen LogP contribution in [-0.2, 0) is 0 Å². The first-order chi connectivity index (χ1) is 8.48. The predicted octanol–water partition coefficient (Wildman–Crippen LogP) is 3.80. The fourth-order valence-corrected chi connectivity index (χ4v) is 2.10. The average molecular weight is 260 g/mol. The van der Waals surface area contributed by atoms with E-state index < -0.39 is 5.41 Å². The summed E-state index contributed by atoms with van der Waals surface area (Å²) in [6.07, 6.45) is 5.56. The van der Waals surface area contributed by atoms with Crippen LogP contribution < -0.4 is 0 Å².